The average Bonchev–Trinajstić information content (AvgIpc) is 2.95. The molecule has 1 aromatic heterocycles. The van der Waals surface area contributed by atoms with Crippen molar-refractivity contribution in [1.29, 1.82) is 0 Å². The Morgan fingerprint density at radius 2 is 1.58 bits per heavy atom. The quantitative estimate of drug-likeness (QED) is 0.745. The molecule has 8 nitrogen and oxygen atoms in total. The molecule has 0 N–H and O–H groups in total. The fraction of sp³-hybridized carbons (Fsp3) is 0.400. The molecule has 0 aliphatic carbocycles. The van der Waals surface area contributed by atoms with Crippen molar-refractivity contribution < 1.29 is 21.2 Å². The monoisotopic (exact) mass is 402 g/mol. The largest absolute Gasteiger partial charge is 0.337 e. The van der Waals surface area contributed by atoms with Crippen molar-refractivity contribution in [2.24, 2.45) is 7.05 Å². The van der Waals surface area contributed by atoms with E-state index in [1.807, 2.05) is 0 Å². The average molecular weight is 402 g/mol. The summed E-state index contributed by atoms with van der Waals surface area (Å²) in [6.45, 7) is 1.69. The zero-order valence-corrected chi connectivity index (χ0v) is 16.0. The van der Waals surface area contributed by atoms with Crippen LogP contribution in [0.4, 0.5) is 4.39 Å². The Bertz CT molecular complexity index is 1010. The van der Waals surface area contributed by atoms with E-state index in [1.54, 1.807) is 18.5 Å². The van der Waals surface area contributed by atoms with E-state index in [1.165, 1.54) is 28.7 Å². The van der Waals surface area contributed by atoms with E-state index >= 15 is 0 Å². The Hall–Kier alpha value is -1.82. The van der Waals surface area contributed by atoms with E-state index in [-0.39, 0.29) is 36.1 Å². The van der Waals surface area contributed by atoms with E-state index < -0.39 is 25.9 Å². The number of rotatable bonds is 4. The van der Waals surface area contributed by atoms with Crippen molar-refractivity contribution in [3.8, 4) is 0 Å². The van der Waals surface area contributed by atoms with Gasteiger partial charge in [-0.2, -0.15) is 8.61 Å². The fourth-order valence-electron chi connectivity index (χ4n) is 2.71. The number of aromatic nitrogens is 2. The summed E-state index contributed by atoms with van der Waals surface area (Å²) in [5.74, 6) is -0.0753. The molecule has 0 amide bonds. The van der Waals surface area contributed by atoms with Crippen molar-refractivity contribution in [3.63, 3.8) is 0 Å². The summed E-state index contributed by atoms with van der Waals surface area (Å²) in [7, 11) is -5.95. The third-order valence-electron chi connectivity index (χ3n) is 4.32. The summed E-state index contributed by atoms with van der Waals surface area (Å²) in [5.41, 5.74) is 0. The predicted molar refractivity (Wildman–Crippen MR) is 91.9 cm³/mol. The van der Waals surface area contributed by atoms with Crippen molar-refractivity contribution in [2.45, 2.75) is 16.8 Å². The van der Waals surface area contributed by atoms with Gasteiger partial charge in [-0.3, -0.25) is 0 Å². The maximum Gasteiger partial charge on any atom is 0.262 e. The van der Waals surface area contributed by atoms with Crippen LogP contribution in [0.3, 0.4) is 0 Å². The molecular formula is C15H19FN4O4S2. The number of halogens is 1. The lowest BCUT2D eigenvalue weighted by Gasteiger charge is -2.32. The van der Waals surface area contributed by atoms with Gasteiger partial charge in [0.15, 0.2) is 5.03 Å². The van der Waals surface area contributed by atoms with Crippen LogP contribution in [0.15, 0.2) is 40.4 Å². The van der Waals surface area contributed by atoms with Crippen LogP contribution in [0.2, 0.25) is 0 Å². The molecule has 0 bridgehead atoms. The van der Waals surface area contributed by atoms with Crippen LogP contribution >= 0.6 is 0 Å². The van der Waals surface area contributed by atoms with E-state index in [2.05, 4.69) is 4.98 Å². The number of benzene rings is 1. The molecular weight excluding hydrogens is 383 g/mol. The van der Waals surface area contributed by atoms with Crippen LogP contribution in [0.1, 0.15) is 5.82 Å². The van der Waals surface area contributed by atoms with Gasteiger partial charge < -0.3 is 4.57 Å². The Balaban J connectivity index is 1.77. The van der Waals surface area contributed by atoms with Gasteiger partial charge in [0.05, 0.1) is 4.90 Å². The first-order chi connectivity index (χ1) is 12.1. The molecule has 1 aliphatic heterocycles. The number of aryl methyl sites for hydroxylation is 2. The van der Waals surface area contributed by atoms with Gasteiger partial charge in [-0.25, -0.2) is 26.2 Å². The molecule has 1 aromatic carbocycles. The smallest absolute Gasteiger partial charge is 0.262 e. The molecule has 0 spiro atoms. The van der Waals surface area contributed by atoms with Crippen LogP contribution in [0, 0.1) is 12.7 Å². The normalized spacial score (nSPS) is 17.5. The SMILES string of the molecule is Cc1nc(S(=O)(=O)N2CCN(S(=O)(=O)c3cccc(F)c3)CC2)cn1C. The number of sulfonamides is 2. The first-order valence-corrected chi connectivity index (χ1v) is 10.8. The highest BCUT2D eigenvalue weighted by Gasteiger charge is 2.35. The van der Waals surface area contributed by atoms with Crippen LogP contribution < -0.4 is 0 Å². The minimum atomic E-state index is -3.87. The second-order valence-electron chi connectivity index (χ2n) is 6.00. The van der Waals surface area contributed by atoms with Crippen molar-refractivity contribution in [2.75, 3.05) is 26.2 Å². The second kappa shape index (κ2) is 6.72. The summed E-state index contributed by atoms with van der Waals surface area (Å²) >= 11 is 0. The lowest BCUT2D eigenvalue weighted by molar-refractivity contribution is 0.272. The standard InChI is InChI=1S/C15H19FN4O4S2/c1-12-17-15(11-18(12)2)26(23,24)20-8-6-19(7-9-20)25(21,22)14-5-3-4-13(16)10-14/h3-5,10-11H,6-9H2,1-2H3. The number of hydrogen-bond donors (Lipinski definition) is 0. The van der Waals surface area contributed by atoms with Gasteiger partial charge in [-0.15, -0.1) is 0 Å². The maximum absolute atomic E-state index is 13.3. The zero-order valence-electron chi connectivity index (χ0n) is 14.3. The molecule has 0 unspecified atom stereocenters. The molecule has 2 heterocycles. The molecule has 0 radical (unpaired) electrons. The third-order valence-corrected chi connectivity index (χ3v) is 7.99. The second-order valence-corrected chi connectivity index (χ2v) is 9.83. The summed E-state index contributed by atoms with van der Waals surface area (Å²) in [6, 6.07) is 4.76. The van der Waals surface area contributed by atoms with Crippen LogP contribution in [-0.4, -0.2) is 61.2 Å². The van der Waals surface area contributed by atoms with E-state index in [0.29, 0.717) is 5.82 Å². The van der Waals surface area contributed by atoms with Crippen LogP contribution in [0.5, 0.6) is 0 Å². The van der Waals surface area contributed by atoms with E-state index in [4.69, 9.17) is 0 Å². The highest BCUT2D eigenvalue weighted by atomic mass is 32.2. The number of piperazine rings is 1. The fourth-order valence-corrected chi connectivity index (χ4v) is 5.61. The van der Waals surface area contributed by atoms with Gasteiger partial charge in [-0.1, -0.05) is 6.07 Å². The predicted octanol–water partition coefficient (Wildman–Crippen LogP) is 0.563. The van der Waals surface area contributed by atoms with E-state index in [9.17, 15) is 21.2 Å². The zero-order chi connectivity index (χ0) is 19.1. The molecule has 1 fully saturated rings. The Labute approximate surface area is 152 Å². The molecule has 11 heteroatoms. The van der Waals surface area contributed by atoms with Gasteiger partial charge in [0.1, 0.15) is 11.6 Å². The Morgan fingerprint density at radius 1 is 1.00 bits per heavy atom. The van der Waals surface area contributed by atoms with E-state index in [0.717, 1.165) is 10.4 Å². The molecule has 0 atom stereocenters. The highest BCUT2D eigenvalue weighted by molar-refractivity contribution is 7.89. The van der Waals surface area contributed by atoms with Crippen molar-refractivity contribution >= 4 is 20.0 Å². The minimum Gasteiger partial charge on any atom is -0.337 e. The molecule has 1 saturated heterocycles. The van der Waals surface area contributed by atoms with Gasteiger partial charge in [0.25, 0.3) is 10.0 Å². The minimum absolute atomic E-state index is 0.00645. The summed E-state index contributed by atoms with van der Waals surface area (Å²) in [5, 5.41) is -0.0565. The third kappa shape index (κ3) is 3.39. The lowest BCUT2D eigenvalue weighted by atomic mass is 10.4. The van der Waals surface area contributed by atoms with Gasteiger partial charge >= 0.3 is 0 Å². The molecule has 1 aliphatic rings. The lowest BCUT2D eigenvalue weighted by Crippen LogP contribution is -2.50. The molecule has 0 saturated carbocycles. The van der Waals surface area contributed by atoms with Crippen LogP contribution in [-0.2, 0) is 27.1 Å². The number of hydrogen-bond acceptors (Lipinski definition) is 5. The van der Waals surface area contributed by atoms with Gasteiger partial charge in [0, 0.05) is 39.4 Å². The van der Waals surface area contributed by atoms with Crippen molar-refractivity contribution in [3.05, 3.63) is 42.1 Å². The Kier molecular flexibility index (Phi) is 4.90. The summed E-state index contributed by atoms with van der Waals surface area (Å²) in [4.78, 5) is 3.90. The summed E-state index contributed by atoms with van der Waals surface area (Å²) < 4.78 is 67.8. The molecule has 3 rings (SSSR count). The van der Waals surface area contributed by atoms with Gasteiger partial charge in [-0.05, 0) is 25.1 Å². The molecule has 26 heavy (non-hydrogen) atoms. The number of imidazole rings is 1. The maximum atomic E-state index is 13.3. The topological polar surface area (TPSA) is 92.6 Å². The first-order valence-electron chi connectivity index (χ1n) is 7.88. The van der Waals surface area contributed by atoms with Crippen LogP contribution in [0.25, 0.3) is 0 Å². The molecule has 142 valence electrons. The van der Waals surface area contributed by atoms with Gasteiger partial charge in [0.2, 0.25) is 10.0 Å². The first kappa shape index (κ1) is 19.0. The highest BCUT2D eigenvalue weighted by Crippen LogP contribution is 2.21. The Morgan fingerprint density at radius 3 is 2.08 bits per heavy atom. The summed E-state index contributed by atoms with van der Waals surface area (Å²) in [6.07, 6.45) is 1.43. The number of nitrogens with zero attached hydrogens (tertiary/aromatic N) is 4. The molecule has 2 aromatic rings. The van der Waals surface area contributed by atoms with Crippen molar-refractivity contribution in [1.82, 2.24) is 18.2 Å².